The van der Waals surface area contributed by atoms with E-state index in [2.05, 4.69) is 4.98 Å². The molecular formula is C11H18N2O4S. The van der Waals surface area contributed by atoms with Crippen molar-refractivity contribution >= 4 is 10.0 Å². The van der Waals surface area contributed by atoms with Crippen LogP contribution in [0.2, 0.25) is 0 Å². The Bertz CT molecular complexity index is 436. The standard InChI is InChI=1S/C11H18N2O4S/c1-2-13(6-8-17-9-7-14)18(15,16)11-4-3-5-12-10-11/h3-5,10,14H,2,6-9H2,1H3. The van der Waals surface area contributed by atoms with Crippen molar-refractivity contribution in [2.75, 3.05) is 32.9 Å². The van der Waals surface area contributed by atoms with Crippen molar-refractivity contribution in [2.45, 2.75) is 11.8 Å². The van der Waals surface area contributed by atoms with Crippen molar-refractivity contribution < 1.29 is 18.3 Å². The fraction of sp³-hybridized carbons (Fsp3) is 0.545. The minimum atomic E-state index is -3.51. The number of ether oxygens (including phenoxy) is 1. The lowest BCUT2D eigenvalue weighted by molar-refractivity contribution is 0.0860. The van der Waals surface area contributed by atoms with Gasteiger partial charge in [0.1, 0.15) is 4.90 Å². The van der Waals surface area contributed by atoms with E-state index in [0.717, 1.165) is 0 Å². The lowest BCUT2D eigenvalue weighted by atomic mass is 10.5. The van der Waals surface area contributed by atoms with Crippen LogP contribution in [0.15, 0.2) is 29.4 Å². The number of aliphatic hydroxyl groups is 1. The van der Waals surface area contributed by atoms with Crippen molar-refractivity contribution in [3.8, 4) is 0 Å². The molecule has 0 aliphatic rings. The second kappa shape index (κ2) is 7.42. The summed E-state index contributed by atoms with van der Waals surface area (Å²) >= 11 is 0. The normalized spacial score (nSPS) is 11.9. The van der Waals surface area contributed by atoms with E-state index in [1.807, 2.05) is 0 Å². The number of hydrogen-bond acceptors (Lipinski definition) is 5. The highest BCUT2D eigenvalue weighted by Crippen LogP contribution is 2.13. The number of nitrogens with zero attached hydrogens (tertiary/aromatic N) is 2. The Kier molecular flexibility index (Phi) is 6.20. The van der Waals surface area contributed by atoms with Gasteiger partial charge in [0.05, 0.1) is 19.8 Å². The summed E-state index contributed by atoms with van der Waals surface area (Å²) in [5.74, 6) is 0. The highest BCUT2D eigenvalue weighted by molar-refractivity contribution is 7.89. The first-order chi connectivity index (χ1) is 8.62. The molecule has 0 fully saturated rings. The topological polar surface area (TPSA) is 79.7 Å². The van der Waals surface area contributed by atoms with Gasteiger partial charge < -0.3 is 9.84 Å². The molecule has 1 rings (SSSR count). The first-order valence-corrected chi connectivity index (χ1v) is 7.15. The molecular weight excluding hydrogens is 256 g/mol. The van der Waals surface area contributed by atoms with E-state index in [9.17, 15) is 8.42 Å². The van der Waals surface area contributed by atoms with Crippen LogP contribution in [0.1, 0.15) is 6.92 Å². The van der Waals surface area contributed by atoms with Gasteiger partial charge in [-0.25, -0.2) is 8.42 Å². The van der Waals surface area contributed by atoms with Gasteiger partial charge in [-0.15, -0.1) is 0 Å². The SMILES string of the molecule is CCN(CCOCCO)S(=O)(=O)c1cccnc1. The molecule has 102 valence electrons. The fourth-order valence-corrected chi connectivity index (χ4v) is 2.83. The minimum absolute atomic E-state index is 0.0680. The zero-order valence-electron chi connectivity index (χ0n) is 10.3. The van der Waals surface area contributed by atoms with Crippen molar-refractivity contribution in [1.82, 2.24) is 9.29 Å². The van der Waals surface area contributed by atoms with Crippen LogP contribution in [0, 0.1) is 0 Å². The first kappa shape index (κ1) is 15.0. The summed E-state index contributed by atoms with van der Waals surface area (Å²) < 4.78 is 30.8. The van der Waals surface area contributed by atoms with Gasteiger partial charge >= 0.3 is 0 Å². The Morgan fingerprint density at radius 2 is 2.22 bits per heavy atom. The highest BCUT2D eigenvalue weighted by Gasteiger charge is 2.22. The van der Waals surface area contributed by atoms with Gasteiger partial charge in [0.15, 0.2) is 0 Å². The zero-order chi connectivity index (χ0) is 13.4. The molecule has 0 atom stereocenters. The molecule has 0 radical (unpaired) electrons. The van der Waals surface area contributed by atoms with Crippen LogP contribution >= 0.6 is 0 Å². The van der Waals surface area contributed by atoms with Crippen molar-refractivity contribution in [3.05, 3.63) is 24.5 Å². The van der Waals surface area contributed by atoms with Crippen LogP contribution in [-0.4, -0.2) is 55.7 Å². The van der Waals surface area contributed by atoms with E-state index >= 15 is 0 Å². The van der Waals surface area contributed by atoms with Crippen molar-refractivity contribution in [3.63, 3.8) is 0 Å². The van der Waals surface area contributed by atoms with Gasteiger partial charge in [-0.3, -0.25) is 4.98 Å². The summed E-state index contributed by atoms with van der Waals surface area (Å²) in [6.45, 7) is 2.78. The number of pyridine rings is 1. The van der Waals surface area contributed by atoms with Crippen molar-refractivity contribution in [2.24, 2.45) is 0 Å². The maximum atomic E-state index is 12.2. The van der Waals surface area contributed by atoms with Crippen molar-refractivity contribution in [1.29, 1.82) is 0 Å². The van der Waals surface area contributed by atoms with E-state index in [0.29, 0.717) is 6.54 Å². The lowest BCUT2D eigenvalue weighted by Gasteiger charge is -2.20. The zero-order valence-corrected chi connectivity index (χ0v) is 11.1. The number of likely N-dealkylation sites (N-methyl/N-ethyl adjacent to an activating group) is 1. The van der Waals surface area contributed by atoms with E-state index in [1.54, 1.807) is 13.0 Å². The average molecular weight is 274 g/mol. The molecule has 1 heterocycles. The van der Waals surface area contributed by atoms with E-state index in [1.165, 1.54) is 22.8 Å². The maximum absolute atomic E-state index is 12.2. The Morgan fingerprint density at radius 1 is 1.44 bits per heavy atom. The molecule has 1 aromatic rings. The Hall–Kier alpha value is -1.02. The van der Waals surface area contributed by atoms with Crippen LogP contribution in [0.25, 0.3) is 0 Å². The summed E-state index contributed by atoms with van der Waals surface area (Å²) in [5, 5.41) is 8.56. The summed E-state index contributed by atoms with van der Waals surface area (Å²) in [6, 6.07) is 3.10. The van der Waals surface area contributed by atoms with Crippen LogP contribution < -0.4 is 0 Å². The monoisotopic (exact) mass is 274 g/mol. The number of aromatic nitrogens is 1. The fourth-order valence-electron chi connectivity index (χ4n) is 1.43. The lowest BCUT2D eigenvalue weighted by Crippen LogP contribution is -2.34. The molecule has 1 N–H and O–H groups in total. The summed E-state index contributed by atoms with van der Waals surface area (Å²) in [7, 11) is -3.51. The molecule has 1 aromatic heterocycles. The third kappa shape index (κ3) is 4.02. The van der Waals surface area contributed by atoms with Gasteiger partial charge in [0, 0.05) is 25.5 Å². The molecule has 0 amide bonds. The second-order valence-corrected chi connectivity index (χ2v) is 5.46. The summed E-state index contributed by atoms with van der Waals surface area (Å²) in [6.07, 6.45) is 2.85. The van der Waals surface area contributed by atoms with Crippen LogP contribution in [-0.2, 0) is 14.8 Å². The molecule has 0 saturated carbocycles. The average Bonchev–Trinajstić information content (AvgIpc) is 2.39. The Balaban J connectivity index is 2.69. The Morgan fingerprint density at radius 3 is 2.78 bits per heavy atom. The van der Waals surface area contributed by atoms with Crippen LogP contribution in [0.5, 0.6) is 0 Å². The highest BCUT2D eigenvalue weighted by atomic mass is 32.2. The first-order valence-electron chi connectivity index (χ1n) is 5.71. The van der Waals surface area contributed by atoms with Gasteiger partial charge in [-0.2, -0.15) is 4.31 Å². The molecule has 0 bridgehead atoms. The predicted molar refractivity (Wildman–Crippen MR) is 66.6 cm³/mol. The quantitative estimate of drug-likeness (QED) is 0.680. The molecule has 0 aromatic carbocycles. The number of aliphatic hydroxyl groups excluding tert-OH is 1. The molecule has 0 unspecified atom stereocenters. The third-order valence-corrected chi connectivity index (χ3v) is 4.30. The number of hydrogen-bond donors (Lipinski definition) is 1. The molecule has 0 spiro atoms. The number of sulfonamides is 1. The summed E-state index contributed by atoms with van der Waals surface area (Å²) in [5.41, 5.74) is 0. The summed E-state index contributed by atoms with van der Waals surface area (Å²) in [4.78, 5) is 3.98. The van der Waals surface area contributed by atoms with E-state index < -0.39 is 10.0 Å². The molecule has 18 heavy (non-hydrogen) atoms. The molecule has 0 saturated heterocycles. The second-order valence-electron chi connectivity index (χ2n) is 3.52. The van der Waals surface area contributed by atoms with E-state index in [4.69, 9.17) is 9.84 Å². The van der Waals surface area contributed by atoms with Gasteiger partial charge in [-0.1, -0.05) is 6.92 Å². The Labute approximate surface area is 107 Å². The predicted octanol–water partition coefficient (Wildman–Crippen LogP) is 0.101. The van der Waals surface area contributed by atoms with Gasteiger partial charge in [0.25, 0.3) is 0 Å². The number of rotatable bonds is 8. The van der Waals surface area contributed by atoms with Gasteiger partial charge in [0.2, 0.25) is 10.0 Å². The molecule has 0 aliphatic heterocycles. The minimum Gasteiger partial charge on any atom is -0.394 e. The third-order valence-electron chi connectivity index (χ3n) is 2.35. The smallest absolute Gasteiger partial charge is 0.244 e. The maximum Gasteiger partial charge on any atom is 0.244 e. The van der Waals surface area contributed by atoms with Gasteiger partial charge in [-0.05, 0) is 12.1 Å². The van der Waals surface area contributed by atoms with Crippen LogP contribution in [0.4, 0.5) is 0 Å². The van der Waals surface area contributed by atoms with E-state index in [-0.39, 0.29) is 31.3 Å². The molecule has 0 aliphatic carbocycles. The van der Waals surface area contributed by atoms with Crippen LogP contribution in [0.3, 0.4) is 0 Å². The molecule has 6 nitrogen and oxygen atoms in total. The molecule has 7 heteroatoms. The largest absolute Gasteiger partial charge is 0.394 e.